The molecule has 0 saturated heterocycles. The van der Waals surface area contributed by atoms with Gasteiger partial charge in [0.05, 0.1) is 23.6 Å². The van der Waals surface area contributed by atoms with Crippen molar-refractivity contribution in [1.29, 1.82) is 0 Å². The largest absolute Gasteiger partial charge is 0.497 e. The van der Waals surface area contributed by atoms with Crippen molar-refractivity contribution in [2.45, 2.75) is 46.2 Å². The Morgan fingerprint density at radius 1 is 1.03 bits per heavy atom. The second-order valence-corrected chi connectivity index (χ2v) is 8.67. The Kier molecular flexibility index (Phi) is 9.66. The number of benzene rings is 2. The van der Waals surface area contributed by atoms with Gasteiger partial charge >= 0.3 is 0 Å². The van der Waals surface area contributed by atoms with Crippen LogP contribution in [0.5, 0.6) is 5.75 Å². The van der Waals surface area contributed by atoms with E-state index in [1.807, 2.05) is 45.0 Å². The molecule has 0 radical (unpaired) electrons. The summed E-state index contributed by atoms with van der Waals surface area (Å²) >= 11 is 12.1. The predicted octanol–water partition coefficient (Wildman–Crippen LogP) is 5.12. The van der Waals surface area contributed by atoms with Crippen LogP contribution in [0.2, 0.25) is 10.0 Å². The van der Waals surface area contributed by atoms with Crippen LogP contribution in [0.15, 0.2) is 42.5 Å². The number of nitrogens with zero attached hydrogens (tertiary/aromatic N) is 1. The third-order valence-corrected chi connectivity index (χ3v) is 5.66. The number of carbonyl (C=O) groups is 2. The van der Waals surface area contributed by atoms with Gasteiger partial charge in [0.25, 0.3) is 0 Å². The second-order valence-electron chi connectivity index (χ2n) is 7.86. The Bertz CT molecular complexity index is 885. The molecule has 0 aliphatic rings. The third kappa shape index (κ3) is 7.44. The molecule has 0 spiro atoms. The van der Waals surface area contributed by atoms with Gasteiger partial charge in [0.15, 0.2) is 0 Å². The smallest absolute Gasteiger partial charge is 0.242 e. The average molecular weight is 465 g/mol. The first-order chi connectivity index (χ1) is 14.7. The van der Waals surface area contributed by atoms with E-state index in [9.17, 15) is 9.59 Å². The van der Waals surface area contributed by atoms with Crippen molar-refractivity contribution in [3.63, 3.8) is 0 Å². The van der Waals surface area contributed by atoms with Crippen LogP contribution >= 0.6 is 23.2 Å². The SMILES string of the molecule is CC[C@@H](C(=O)NCC(C)C)N(Cc1ccc(OC)cc1)C(=O)Cc1ccc(Cl)c(Cl)c1. The maximum absolute atomic E-state index is 13.3. The van der Waals surface area contributed by atoms with Crippen molar-refractivity contribution in [3.8, 4) is 5.75 Å². The minimum atomic E-state index is -0.573. The number of nitrogens with one attached hydrogen (secondary N) is 1. The molecule has 2 aromatic rings. The van der Waals surface area contributed by atoms with Gasteiger partial charge in [-0.25, -0.2) is 0 Å². The lowest BCUT2D eigenvalue weighted by molar-refractivity contribution is -0.141. The summed E-state index contributed by atoms with van der Waals surface area (Å²) in [6.45, 7) is 6.86. The molecule has 2 amide bonds. The van der Waals surface area contributed by atoms with E-state index in [0.717, 1.165) is 16.9 Å². The van der Waals surface area contributed by atoms with E-state index < -0.39 is 6.04 Å². The highest BCUT2D eigenvalue weighted by Gasteiger charge is 2.28. The van der Waals surface area contributed by atoms with Gasteiger partial charge in [-0.15, -0.1) is 0 Å². The number of hydrogen-bond donors (Lipinski definition) is 1. The molecule has 7 heteroatoms. The summed E-state index contributed by atoms with van der Waals surface area (Å²) in [6, 6.07) is 12.1. The summed E-state index contributed by atoms with van der Waals surface area (Å²) in [5, 5.41) is 3.80. The van der Waals surface area contributed by atoms with Gasteiger partial charge < -0.3 is 15.0 Å². The Labute approximate surface area is 194 Å². The zero-order valence-corrected chi connectivity index (χ0v) is 20.0. The molecule has 31 heavy (non-hydrogen) atoms. The highest BCUT2D eigenvalue weighted by Crippen LogP contribution is 2.24. The standard InChI is InChI=1S/C24H30Cl2N2O3/c1-5-22(24(30)27-14-16(2)3)28(15-17-6-9-19(31-4)10-7-17)23(29)13-18-8-11-20(25)21(26)12-18/h6-12,16,22H,5,13-15H2,1-4H3,(H,27,30)/t22-/m0/s1. The van der Waals surface area contributed by atoms with E-state index in [4.69, 9.17) is 27.9 Å². The number of halogens is 2. The summed E-state index contributed by atoms with van der Waals surface area (Å²) in [7, 11) is 1.61. The van der Waals surface area contributed by atoms with Gasteiger partial charge in [0.2, 0.25) is 11.8 Å². The number of ether oxygens (including phenoxy) is 1. The fraction of sp³-hybridized carbons (Fsp3) is 0.417. The normalized spacial score (nSPS) is 11.8. The molecular formula is C24H30Cl2N2O3. The molecule has 0 aliphatic heterocycles. The molecule has 0 heterocycles. The van der Waals surface area contributed by atoms with Gasteiger partial charge in [0, 0.05) is 13.1 Å². The zero-order valence-electron chi connectivity index (χ0n) is 18.5. The predicted molar refractivity (Wildman–Crippen MR) is 126 cm³/mol. The highest BCUT2D eigenvalue weighted by molar-refractivity contribution is 6.42. The quantitative estimate of drug-likeness (QED) is 0.530. The maximum Gasteiger partial charge on any atom is 0.242 e. The van der Waals surface area contributed by atoms with E-state index in [-0.39, 0.29) is 18.2 Å². The van der Waals surface area contributed by atoms with Crippen LogP contribution in [0.1, 0.15) is 38.3 Å². The minimum Gasteiger partial charge on any atom is -0.497 e. The first-order valence-corrected chi connectivity index (χ1v) is 11.1. The molecule has 168 valence electrons. The molecule has 0 fully saturated rings. The minimum absolute atomic E-state index is 0.126. The Morgan fingerprint density at radius 2 is 1.68 bits per heavy atom. The van der Waals surface area contributed by atoms with Gasteiger partial charge in [-0.1, -0.05) is 62.2 Å². The van der Waals surface area contributed by atoms with Crippen LogP contribution < -0.4 is 10.1 Å². The monoisotopic (exact) mass is 464 g/mol. The van der Waals surface area contributed by atoms with Crippen LogP contribution in [0.25, 0.3) is 0 Å². The van der Waals surface area contributed by atoms with Crippen molar-refractivity contribution in [2.24, 2.45) is 5.92 Å². The Balaban J connectivity index is 2.28. The number of methoxy groups -OCH3 is 1. The summed E-state index contributed by atoms with van der Waals surface area (Å²) in [5.74, 6) is 0.760. The van der Waals surface area contributed by atoms with E-state index in [1.54, 1.807) is 30.2 Å². The summed E-state index contributed by atoms with van der Waals surface area (Å²) in [6.07, 6.45) is 0.633. The van der Waals surface area contributed by atoms with E-state index >= 15 is 0 Å². The highest BCUT2D eigenvalue weighted by atomic mass is 35.5. The molecule has 0 saturated carbocycles. The summed E-state index contributed by atoms with van der Waals surface area (Å²) in [5.41, 5.74) is 1.66. The van der Waals surface area contributed by atoms with E-state index in [0.29, 0.717) is 35.5 Å². The Morgan fingerprint density at radius 3 is 2.23 bits per heavy atom. The second kappa shape index (κ2) is 12.0. The number of carbonyl (C=O) groups excluding carboxylic acids is 2. The number of amides is 2. The van der Waals surface area contributed by atoms with E-state index in [2.05, 4.69) is 5.32 Å². The maximum atomic E-state index is 13.3. The molecule has 2 rings (SSSR count). The van der Waals surface area contributed by atoms with Crippen molar-refractivity contribution in [1.82, 2.24) is 10.2 Å². The lowest BCUT2D eigenvalue weighted by atomic mass is 10.1. The van der Waals surface area contributed by atoms with Crippen LogP contribution in [0.3, 0.4) is 0 Å². The van der Waals surface area contributed by atoms with Crippen LogP contribution in [0, 0.1) is 5.92 Å². The lowest BCUT2D eigenvalue weighted by Gasteiger charge is -2.31. The first kappa shape index (κ1) is 25.0. The average Bonchev–Trinajstić information content (AvgIpc) is 2.75. The van der Waals surface area contributed by atoms with Gasteiger partial charge in [-0.2, -0.15) is 0 Å². The van der Waals surface area contributed by atoms with Gasteiger partial charge in [-0.3, -0.25) is 9.59 Å². The van der Waals surface area contributed by atoms with Crippen LogP contribution in [-0.4, -0.2) is 36.4 Å². The lowest BCUT2D eigenvalue weighted by Crippen LogP contribution is -2.50. The first-order valence-electron chi connectivity index (χ1n) is 10.4. The Hall–Kier alpha value is -2.24. The number of hydrogen-bond acceptors (Lipinski definition) is 3. The molecule has 0 unspecified atom stereocenters. The topological polar surface area (TPSA) is 58.6 Å². The third-order valence-electron chi connectivity index (χ3n) is 4.92. The molecule has 1 N–H and O–H groups in total. The van der Waals surface area contributed by atoms with Gasteiger partial charge in [0.1, 0.15) is 11.8 Å². The van der Waals surface area contributed by atoms with Crippen molar-refractivity contribution in [2.75, 3.05) is 13.7 Å². The number of rotatable bonds is 10. The molecule has 0 aliphatic carbocycles. The molecule has 1 atom stereocenters. The summed E-state index contributed by atoms with van der Waals surface area (Å²) in [4.78, 5) is 27.9. The van der Waals surface area contributed by atoms with Crippen molar-refractivity contribution < 1.29 is 14.3 Å². The molecule has 5 nitrogen and oxygen atoms in total. The fourth-order valence-electron chi connectivity index (χ4n) is 3.20. The van der Waals surface area contributed by atoms with E-state index in [1.165, 1.54) is 0 Å². The molecule has 0 aromatic heterocycles. The van der Waals surface area contributed by atoms with Crippen LogP contribution in [0.4, 0.5) is 0 Å². The zero-order chi connectivity index (χ0) is 23.0. The van der Waals surface area contributed by atoms with Gasteiger partial charge in [-0.05, 0) is 47.7 Å². The molecule has 2 aromatic carbocycles. The fourth-order valence-corrected chi connectivity index (χ4v) is 3.52. The molecule has 0 bridgehead atoms. The van der Waals surface area contributed by atoms with Crippen molar-refractivity contribution in [3.05, 3.63) is 63.6 Å². The van der Waals surface area contributed by atoms with Crippen LogP contribution in [-0.2, 0) is 22.6 Å². The van der Waals surface area contributed by atoms with Crippen molar-refractivity contribution >= 4 is 35.0 Å². The summed E-state index contributed by atoms with van der Waals surface area (Å²) < 4.78 is 5.21. The molecular weight excluding hydrogens is 435 g/mol.